The number of ether oxygens (including phenoxy) is 2. The van der Waals surface area contributed by atoms with Gasteiger partial charge in [-0.2, -0.15) is 65.9 Å². The first kappa shape index (κ1) is 43.1. The van der Waals surface area contributed by atoms with Gasteiger partial charge in [0.1, 0.15) is 17.2 Å². The molecule has 1 saturated carbocycles. The zero-order chi connectivity index (χ0) is 41.4. The molecule has 56 heavy (non-hydrogen) atoms. The van der Waals surface area contributed by atoms with Crippen molar-refractivity contribution in [2.24, 2.45) is 5.92 Å². The van der Waals surface area contributed by atoms with Crippen molar-refractivity contribution in [3.05, 3.63) is 54.5 Å². The van der Waals surface area contributed by atoms with Crippen LogP contribution < -0.4 is 9.47 Å². The Morgan fingerprint density at radius 2 is 1.16 bits per heavy atom. The van der Waals surface area contributed by atoms with Crippen molar-refractivity contribution in [1.82, 2.24) is 15.0 Å². The van der Waals surface area contributed by atoms with E-state index in [-0.39, 0.29) is 34.8 Å². The third-order valence-electron chi connectivity index (χ3n) is 9.61. The third kappa shape index (κ3) is 8.48. The summed E-state index contributed by atoms with van der Waals surface area (Å²) in [6.45, 7) is -2.85. The Kier molecular flexibility index (Phi) is 12.1. The van der Waals surface area contributed by atoms with Crippen LogP contribution >= 0.6 is 0 Å². The molecule has 1 aliphatic heterocycles. The average molecular weight is 826 g/mol. The summed E-state index contributed by atoms with van der Waals surface area (Å²) in [6, 6.07) is 6.47. The lowest BCUT2D eigenvalue weighted by Gasteiger charge is -2.39. The summed E-state index contributed by atoms with van der Waals surface area (Å²) < 4.78 is 214. The van der Waals surface area contributed by atoms with E-state index >= 15 is 8.78 Å². The summed E-state index contributed by atoms with van der Waals surface area (Å²) in [4.78, 5) is 12.2. The number of pyridine rings is 1. The summed E-state index contributed by atoms with van der Waals surface area (Å²) in [5.74, 6) is -41.0. The van der Waals surface area contributed by atoms with Gasteiger partial charge in [-0.1, -0.05) is 69.9 Å². The van der Waals surface area contributed by atoms with Crippen molar-refractivity contribution in [1.29, 1.82) is 0 Å². The lowest BCUT2D eigenvalue weighted by molar-refractivity contribution is -0.440. The van der Waals surface area contributed by atoms with Crippen molar-refractivity contribution in [3.8, 4) is 34.1 Å². The predicted molar refractivity (Wildman–Crippen MR) is 170 cm³/mol. The van der Waals surface area contributed by atoms with Crippen molar-refractivity contribution in [3.63, 3.8) is 0 Å². The SMILES string of the molecule is FC1(F)c2nc(-c3ncc(-c4ccc(OCC(F)(F)C(F)(F)C(F)(F)C(F)(F)C(F)(F)C(F)(F)F)cc4)cn3)ccc2OC1CCCCCCCCCC1CC1. The van der Waals surface area contributed by atoms with E-state index in [1.54, 1.807) is 0 Å². The molecule has 2 aromatic heterocycles. The van der Waals surface area contributed by atoms with Crippen LogP contribution in [-0.2, 0) is 5.92 Å². The lowest BCUT2D eigenvalue weighted by Crippen LogP contribution is -2.70. The van der Waals surface area contributed by atoms with Crippen LogP contribution in [0.3, 0.4) is 0 Å². The van der Waals surface area contributed by atoms with E-state index in [0.717, 1.165) is 55.9 Å². The Bertz CT molecular complexity index is 1780. The molecule has 3 heterocycles. The van der Waals surface area contributed by atoms with Gasteiger partial charge in [-0.15, -0.1) is 0 Å². The van der Waals surface area contributed by atoms with E-state index in [1.807, 2.05) is 0 Å². The molecule has 0 radical (unpaired) electrons. The van der Waals surface area contributed by atoms with Gasteiger partial charge in [-0.25, -0.2) is 15.0 Å². The smallest absolute Gasteiger partial charge is 0.460 e. The Balaban J connectivity index is 1.15. The van der Waals surface area contributed by atoms with Gasteiger partial charge in [-0.3, -0.25) is 0 Å². The van der Waals surface area contributed by atoms with Crippen molar-refractivity contribution < 1.29 is 75.3 Å². The zero-order valence-corrected chi connectivity index (χ0v) is 29.1. The summed E-state index contributed by atoms with van der Waals surface area (Å²) in [7, 11) is 0. The monoisotopic (exact) mass is 825 g/mol. The number of hydrogen-bond donors (Lipinski definition) is 0. The Hall–Kier alpha value is -4.00. The summed E-state index contributed by atoms with van der Waals surface area (Å²) in [5, 5.41) is 0. The van der Waals surface area contributed by atoms with Crippen molar-refractivity contribution in [2.45, 2.75) is 118 Å². The fourth-order valence-corrected chi connectivity index (χ4v) is 6.00. The highest BCUT2D eigenvalue weighted by atomic mass is 19.4. The molecule has 1 unspecified atom stereocenters. The number of alkyl halides is 15. The maximum Gasteiger partial charge on any atom is 0.460 e. The van der Waals surface area contributed by atoms with Gasteiger partial charge in [0.05, 0.1) is 0 Å². The van der Waals surface area contributed by atoms with Crippen LogP contribution in [0.15, 0.2) is 48.8 Å². The number of benzene rings is 1. The maximum absolute atomic E-state index is 15.3. The fourth-order valence-electron chi connectivity index (χ4n) is 6.00. The molecule has 1 aromatic carbocycles. The first-order chi connectivity index (χ1) is 25.9. The molecule has 2 aliphatic rings. The van der Waals surface area contributed by atoms with Crippen LogP contribution in [0.5, 0.6) is 11.5 Å². The molecule has 0 spiro atoms. The second-order valence-corrected chi connectivity index (χ2v) is 13.9. The van der Waals surface area contributed by atoms with E-state index in [4.69, 9.17) is 4.74 Å². The highest BCUT2D eigenvalue weighted by Gasteiger charge is 2.90. The molecule has 0 amide bonds. The topological polar surface area (TPSA) is 57.1 Å². The minimum absolute atomic E-state index is 0.0205. The van der Waals surface area contributed by atoms with E-state index in [0.29, 0.717) is 6.42 Å². The normalized spacial score (nSPS) is 17.8. The highest BCUT2D eigenvalue weighted by Crippen LogP contribution is 2.60. The van der Waals surface area contributed by atoms with Crippen molar-refractivity contribution >= 4 is 0 Å². The molecule has 5 nitrogen and oxygen atoms in total. The first-order valence-corrected chi connectivity index (χ1v) is 17.5. The number of rotatable bonds is 19. The summed E-state index contributed by atoms with van der Waals surface area (Å²) in [5.41, 5.74) is -0.190. The number of unbranched alkanes of at least 4 members (excludes halogenated alkanes) is 6. The van der Waals surface area contributed by atoms with Gasteiger partial charge in [0.2, 0.25) is 0 Å². The molecule has 20 heteroatoms. The molecular weight excluding hydrogens is 791 g/mol. The molecule has 0 saturated heterocycles. The Labute approximate surface area is 310 Å². The number of nitrogens with zero attached hydrogens (tertiary/aromatic N) is 3. The van der Waals surface area contributed by atoms with Crippen LogP contribution in [0, 0.1) is 5.92 Å². The Morgan fingerprint density at radius 3 is 1.71 bits per heavy atom. The largest absolute Gasteiger partial charge is 0.487 e. The second kappa shape index (κ2) is 15.7. The summed E-state index contributed by atoms with van der Waals surface area (Å²) >= 11 is 0. The molecular formula is C36H34F15N3O2. The number of fused-ring (bicyclic) bond motifs is 1. The van der Waals surface area contributed by atoms with Crippen LogP contribution in [0.4, 0.5) is 65.9 Å². The zero-order valence-electron chi connectivity index (χ0n) is 29.1. The van der Waals surface area contributed by atoms with Gasteiger partial charge in [0.25, 0.3) is 0 Å². The number of hydrogen-bond acceptors (Lipinski definition) is 5. The Morgan fingerprint density at radius 1 is 0.625 bits per heavy atom. The maximum atomic E-state index is 15.3. The molecule has 1 aliphatic carbocycles. The van der Waals surface area contributed by atoms with E-state index < -0.39 is 65.9 Å². The summed E-state index contributed by atoms with van der Waals surface area (Å²) in [6.07, 6.45) is 4.53. The minimum Gasteiger partial charge on any atom is -0.487 e. The fraction of sp³-hybridized carbons (Fsp3) is 0.583. The van der Waals surface area contributed by atoms with Gasteiger partial charge < -0.3 is 9.47 Å². The minimum atomic E-state index is -8.00. The quantitative estimate of drug-likeness (QED) is 0.0890. The van der Waals surface area contributed by atoms with Gasteiger partial charge >= 0.3 is 41.7 Å². The van der Waals surface area contributed by atoms with E-state index in [1.165, 1.54) is 56.6 Å². The molecule has 5 rings (SSSR count). The van der Waals surface area contributed by atoms with Gasteiger partial charge in [0.15, 0.2) is 24.2 Å². The average Bonchev–Trinajstić information content (AvgIpc) is 3.93. The molecule has 1 atom stereocenters. The van der Waals surface area contributed by atoms with E-state index in [9.17, 15) is 57.1 Å². The third-order valence-corrected chi connectivity index (χ3v) is 9.61. The number of aromatic nitrogens is 3. The van der Waals surface area contributed by atoms with Crippen LogP contribution in [0.1, 0.15) is 76.3 Å². The lowest BCUT2D eigenvalue weighted by atomic mass is 9.94. The van der Waals surface area contributed by atoms with Gasteiger partial charge in [0, 0.05) is 18.0 Å². The molecule has 0 bridgehead atoms. The molecule has 1 fully saturated rings. The number of halogens is 15. The predicted octanol–water partition coefficient (Wildman–Crippen LogP) is 12.1. The molecule has 310 valence electrons. The second-order valence-electron chi connectivity index (χ2n) is 13.9. The first-order valence-electron chi connectivity index (χ1n) is 17.5. The van der Waals surface area contributed by atoms with E-state index in [2.05, 4.69) is 19.7 Å². The van der Waals surface area contributed by atoms with Crippen LogP contribution in [0.2, 0.25) is 0 Å². The highest BCUT2D eigenvalue weighted by molar-refractivity contribution is 5.64. The molecule has 0 N–H and O–H groups in total. The van der Waals surface area contributed by atoms with Crippen LogP contribution in [0.25, 0.3) is 22.6 Å². The van der Waals surface area contributed by atoms with Crippen LogP contribution in [-0.4, -0.2) is 63.5 Å². The van der Waals surface area contributed by atoms with Crippen molar-refractivity contribution in [2.75, 3.05) is 6.61 Å². The molecule has 3 aromatic rings. The standard InChI is InChI=1S/C36H34F15N3O2/c37-30(38,32(41,42)33(43,44)34(45,46)35(47,48)36(49,50)51)20-55-24-14-12-22(13-15-24)23-18-52-29(53-19-23)25-16-17-26-28(54-25)31(39,40)27(56-26)9-7-5-3-1-2-4-6-8-21-10-11-21/h12-19,21,27H,1-11,20H2. The van der Waals surface area contributed by atoms with Gasteiger partial charge in [-0.05, 0) is 48.6 Å².